The number of hydrogen-bond acceptors (Lipinski definition) is 2. The van der Waals surface area contributed by atoms with Crippen LogP contribution in [-0.2, 0) is 10.2 Å². The van der Waals surface area contributed by atoms with Gasteiger partial charge in [-0.25, -0.2) is 10.3 Å². The Morgan fingerprint density at radius 2 is 1.17 bits per heavy atom. The lowest BCUT2D eigenvalue weighted by Gasteiger charge is -1.72. The maximum atomic E-state index is 9.19. The Bertz CT molecular complexity index is 94.7. The van der Waals surface area contributed by atoms with Crippen LogP contribution in [0.5, 0.6) is 0 Å². The fourth-order valence-corrected chi connectivity index (χ4v) is 0. The molecule has 0 fully saturated rings. The first-order valence-electron chi connectivity index (χ1n) is 0.805. The molecule has 0 aliphatic rings. The molecule has 4 nitrogen and oxygen atoms in total. The van der Waals surface area contributed by atoms with E-state index in [1.165, 1.54) is 0 Å². The molecule has 6 heteroatoms. The highest BCUT2D eigenvalue weighted by Crippen LogP contribution is 1.40. The summed E-state index contributed by atoms with van der Waals surface area (Å²) < 4.78 is 18.4. The second-order valence-corrected chi connectivity index (χ2v) is 1.77. The molecule has 0 aromatic heterocycles. The van der Waals surface area contributed by atoms with Crippen molar-refractivity contribution in [2.24, 2.45) is 10.3 Å². The minimum Gasteiger partial charge on any atom is -0.216 e. The maximum absolute atomic E-state index is 9.19. The zero-order chi connectivity index (χ0) is 4.50. The average molecular weight is 224 g/mol. The van der Waals surface area contributed by atoms with Crippen molar-refractivity contribution in [2.45, 2.75) is 0 Å². The van der Waals surface area contributed by atoms with Crippen LogP contribution in [0, 0.1) is 0 Å². The third-order valence-electron chi connectivity index (χ3n) is 0. The van der Waals surface area contributed by atoms with Crippen molar-refractivity contribution in [3.05, 3.63) is 0 Å². The number of hydrogen-bond donors (Lipinski definition) is 2. The third-order valence-corrected chi connectivity index (χ3v) is 0. The van der Waals surface area contributed by atoms with E-state index in [1.807, 2.05) is 0 Å². The van der Waals surface area contributed by atoms with E-state index in [4.69, 9.17) is 0 Å². The third kappa shape index (κ3) is 166. The van der Waals surface area contributed by atoms with Gasteiger partial charge < -0.3 is 0 Å². The van der Waals surface area contributed by atoms with Gasteiger partial charge in [-0.2, -0.15) is 8.42 Å². The molecular formula is H5IN2O2S. The summed E-state index contributed by atoms with van der Waals surface area (Å²) in [6, 6.07) is 0. The summed E-state index contributed by atoms with van der Waals surface area (Å²) in [4.78, 5) is 0. The van der Waals surface area contributed by atoms with E-state index in [0.29, 0.717) is 0 Å². The monoisotopic (exact) mass is 224 g/mol. The molecule has 0 aromatic carbocycles. The van der Waals surface area contributed by atoms with Gasteiger partial charge in [-0.1, -0.05) is 0 Å². The minimum atomic E-state index is -3.67. The first-order chi connectivity index (χ1) is 2.00. The van der Waals surface area contributed by atoms with Crippen LogP contribution >= 0.6 is 24.0 Å². The van der Waals surface area contributed by atoms with Gasteiger partial charge in [0.15, 0.2) is 0 Å². The number of halogens is 1. The molecule has 0 bridgehead atoms. The molecule has 0 saturated carbocycles. The van der Waals surface area contributed by atoms with Crippen LogP contribution in [0.25, 0.3) is 0 Å². The highest BCUT2D eigenvalue weighted by Gasteiger charge is 1.78. The van der Waals surface area contributed by atoms with Gasteiger partial charge in [0.25, 0.3) is 10.2 Å². The second kappa shape index (κ2) is 2.72. The van der Waals surface area contributed by atoms with Crippen LogP contribution in [0.1, 0.15) is 0 Å². The lowest BCUT2D eigenvalue weighted by Crippen LogP contribution is -2.21. The molecule has 0 saturated heterocycles. The molecule has 0 spiro atoms. The Hall–Kier alpha value is 0.600. The molecule has 0 radical (unpaired) electrons. The molecule has 40 valence electrons. The van der Waals surface area contributed by atoms with Crippen LogP contribution in [0.2, 0.25) is 0 Å². The van der Waals surface area contributed by atoms with Crippen molar-refractivity contribution in [3.63, 3.8) is 0 Å². The predicted molar refractivity (Wildman–Crippen MR) is 32.7 cm³/mol. The van der Waals surface area contributed by atoms with Crippen molar-refractivity contribution in [1.82, 2.24) is 0 Å². The highest BCUT2D eigenvalue weighted by molar-refractivity contribution is 14.0. The highest BCUT2D eigenvalue weighted by atomic mass is 127. The van der Waals surface area contributed by atoms with Crippen molar-refractivity contribution in [3.8, 4) is 0 Å². The average Bonchev–Trinajstić information content (AvgIpc) is 0.722. The molecule has 0 aromatic rings. The molecule has 6 heavy (non-hydrogen) atoms. The van der Waals surface area contributed by atoms with Crippen LogP contribution in [0.3, 0.4) is 0 Å². The molecule has 0 atom stereocenters. The van der Waals surface area contributed by atoms with Gasteiger partial charge in [-0.05, 0) is 0 Å². The molecule has 0 amide bonds. The zero-order valence-electron chi connectivity index (χ0n) is 2.79. The van der Waals surface area contributed by atoms with E-state index in [9.17, 15) is 8.42 Å². The van der Waals surface area contributed by atoms with E-state index in [0.717, 1.165) is 0 Å². The summed E-state index contributed by atoms with van der Waals surface area (Å²) in [6.07, 6.45) is 0. The van der Waals surface area contributed by atoms with E-state index >= 15 is 0 Å². The Morgan fingerprint density at radius 1 is 1.17 bits per heavy atom. The smallest absolute Gasteiger partial charge is 0.216 e. The van der Waals surface area contributed by atoms with E-state index in [-0.39, 0.29) is 24.0 Å². The Balaban J connectivity index is 0. The molecular weight excluding hydrogens is 219 g/mol. The van der Waals surface area contributed by atoms with Crippen LogP contribution in [0.4, 0.5) is 0 Å². The molecule has 0 aliphatic carbocycles. The lowest BCUT2D eigenvalue weighted by molar-refractivity contribution is 0.599. The zero-order valence-corrected chi connectivity index (χ0v) is 5.93. The molecule has 0 rings (SSSR count). The van der Waals surface area contributed by atoms with Gasteiger partial charge in [-0.15, -0.1) is 24.0 Å². The maximum Gasteiger partial charge on any atom is 0.271 e. The Labute approximate surface area is 53.1 Å². The minimum absolute atomic E-state index is 0. The summed E-state index contributed by atoms with van der Waals surface area (Å²) in [5, 5.41) is 8.21. The van der Waals surface area contributed by atoms with Gasteiger partial charge in [0, 0.05) is 0 Å². The van der Waals surface area contributed by atoms with Crippen molar-refractivity contribution in [1.29, 1.82) is 0 Å². The topological polar surface area (TPSA) is 86.2 Å². The van der Waals surface area contributed by atoms with Gasteiger partial charge in [0.05, 0.1) is 0 Å². The molecule has 0 aliphatic heterocycles. The quantitative estimate of drug-likeness (QED) is 0.504. The largest absolute Gasteiger partial charge is 0.271 e. The SMILES string of the molecule is I.NS(N)(=O)=O. The lowest BCUT2D eigenvalue weighted by atomic mass is 13.9. The first-order valence-corrected chi connectivity index (χ1v) is 2.41. The normalized spacial score (nSPS) is 9.67. The number of nitrogens with two attached hydrogens (primary N) is 2. The standard InChI is InChI=1S/HI.H4N2O2S/c;1-5(2,3)4/h1H;(H4,1,2,3,4). The van der Waals surface area contributed by atoms with Crippen molar-refractivity contribution >= 4 is 34.2 Å². The van der Waals surface area contributed by atoms with Crippen molar-refractivity contribution in [2.75, 3.05) is 0 Å². The Morgan fingerprint density at radius 3 is 1.17 bits per heavy atom. The molecule has 4 N–H and O–H groups in total. The predicted octanol–water partition coefficient (Wildman–Crippen LogP) is -1.23. The van der Waals surface area contributed by atoms with Gasteiger partial charge in [-0.3, -0.25) is 0 Å². The van der Waals surface area contributed by atoms with Crippen LogP contribution < -0.4 is 10.3 Å². The molecule has 0 heterocycles. The fraction of sp³-hybridized carbons (Fsp3) is 0. The van der Waals surface area contributed by atoms with Crippen molar-refractivity contribution < 1.29 is 8.42 Å². The van der Waals surface area contributed by atoms with Crippen LogP contribution in [0.15, 0.2) is 0 Å². The summed E-state index contributed by atoms with van der Waals surface area (Å²) in [5.74, 6) is 0. The van der Waals surface area contributed by atoms with E-state index < -0.39 is 10.2 Å². The van der Waals surface area contributed by atoms with Gasteiger partial charge in [0.1, 0.15) is 0 Å². The summed E-state index contributed by atoms with van der Waals surface area (Å²) in [6.45, 7) is 0. The van der Waals surface area contributed by atoms with Gasteiger partial charge in [0.2, 0.25) is 0 Å². The first kappa shape index (κ1) is 9.78. The van der Waals surface area contributed by atoms with E-state index in [2.05, 4.69) is 10.3 Å². The van der Waals surface area contributed by atoms with E-state index in [1.54, 1.807) is 0 Å². The summed E-state index contributed by atoms with van der Waals surface area (Å²) in [5.41, 5.74) is 0. The fourth-order valence-electron chi connectivity index (χ4n) is 0. The van der Waals surface area contributed by atoms with Gasteiger partial charge >= 0.3 is 0 Å². The molecule has 0 unspecified atom stereocenters. The summed E-state index contributed by atoms with van der Waals surface area (Å²) >= 11 is 0. The number of rotatable bonds is 0. The van der Waals surface area contributed by atoms with Crippen LogP contribution in [-0.4, -0.2) is 8.42 Å². The second-order valence-electron chi connectivity index (χ2n) is 0.589. The Kier molecular flexibility index (Phi) is 4.43. The summed E-state index contributed by atoms with van der Waals surface area (Å²) in [7, 11) is -3.67.